The molecule has 3 saturated heterocycles. The maximum atomic E-state index is 6.57. The van der Waals surface area contributed by atoms with Gasteiger partial charge in [-0.2, -0.15) is 0 Å². The zero-order chi connectivity index (χ0) is 14.1. The molecule has 0 amide bonds. The second-order valence-corrected chi connectivity index (χ2v) is 8.03. The fourth-order valence-electron chi connectivity index (χ4n) is 5.36. The number of hydrogen-bond donors (Lipinski definition) is 1. The number of hydrogen-bond acceptors (Lipinski definition) is 3. The zero-order valence-corrected chi connectivity index (χ0v) is 13.5. The molecule has 3 unspecified atom stereocenters. The van der Waals surface area contributed by atoms with Crippen molar-refractivity contribution in [2.75, 3.05) is 26.2 Å². The Bertz CT molecular complexity index is 351. The normalized spacial score (nSPS) is 40.3. The highest BCUT2D eigenvalue weighted by atomic mass is 16.5. The van der Waals surface area contributed by atoms with Crippen LogP contribution in [0, 0.1) is 5.92 Å². The van der Waals surface area contributed by atoms with Gasteiger partial charge in [-0.1, -0.05) is 19.3 Å². The molecule has 1 N–H and O–H groups in total. The van der Waals surface area contributed by atoms with Crippen molar-refractivity contribution in [3.63, 3.8) is 0 Å². The summed E-state index contributed by atoms with van der Waals surface area (Å²) in [5, 5.41) is 3.72. The average molecular weight is 292 g/mol. The number of fused-ring (bicyclic) bond motifs is 1. The number of nitrogens with zero attached hydrogens (tertiary/aromatic N) is 1. The quantitative estimate of drug-likeness (QED) is 0.847. The van der Waals surface area contributed by atoms with Crippen molar-refractivity contribution in [1.82, 2.24) is 10.2 Å². The second kappa shape index (κ2) is 6.17. The molecule has 21 heavy (non-hydrogen) atoms. The van der Waals surface area contributed by atoms with Gasteiger partial charge in [-0.3, -0.25) is 0 Å². The highest BCUT2D eigenvalue weighted by Gasteiger charge is 2.41. The highest BCUT2D eigenvalue weighted by molar-refractivity contribution is 4.94. The average Bonchev–Trinajstić information content (AvgIpc) is 2.90. The summed E-state index contributed by atoms with van der Waals surface area (Å²) in [4.78, 5) is 2.71. The first-order valence-electron chi connectivity index (χ1n) is 9.47. The molecule has 3 aliphatic heterocycles. The van der Waals surface area contributed by atoms with Gasteiger partial charge in [0, 0.05) is 19.1 Å². The zero-order valence-electron chi connectivity index (χ0n) is 13.5. The fraction of sp³-hybridized carbons (Fsp3) is 1.00. The first-order chi connectivity index (χ1) is 10.3. The summed E-state index contributed by atoms with van der Waals surface area (Å²) in [5.41, 5.74) is 0.299. The molecule has 0 aromatic rings. The van der Waals surface area contributed by atoms with Crippen LogP contribution < -0.4 is 5.32 Å². The molecule has 0 aromatic carbocycles. The summed E-state index contributed by atoms with van der Waals surface area (Å²) in [6.07, 6.45) is 14.2. The standard InChI is InChI=1S/C18H32N2O/c1-2-8-18(9-3-1)10-6-16(21-18)14-20-12-7-17-15(13-20)5-4-11-19-17/h15-17,19H,1-14H2. The topological polar surface area (TPSA) is 24.5 Å². The molecule has 4 rings (SSSR count). The fourth-order valence-corrected chi connectivity index (χ4v) is 5.36. The minimum absolute atomic E-state index is 0.299. The third kappa shape index (κ3) is 3.16. The lowest BCUT2D eigenvalue weighted by atomic mass is 9.83. The van der Waals surface area contributed by atoms with Gasteiger partial charge in [0.1, 0.15) is 0 Å². The van der Waals surface area contributed by atoms with E-state index in [4.69, 9.17) is 4.74 Å². The van der Waals surface area contributed by atoms with Crippen LogP contribution in [0.15, 0.2) is 0 Å². The summed E-state index contributed by atoms with van der Waals surface area (Å²) >= 11 is 0. The molecule has 4 aliphatic rings. The SMILES string of the molecule is C1CCC2(CC1)CCC(CN1CCC3NCCCC3C1)O2. The molecule has 3 atom stereocenters. The van der Waals surface area contributed by atoms with Crippen molar-refractivity contribution < 1.29 is 4.74 Å². The largest absolute Gasteiger partial charge is 0.370 e. The van der Waals surface area contributed by atoms with E-state index in [1.54, 1.807) is 0 Å². The van der Waals surface area contributed by atoms with Gasteiger partial charge < -0.3 is 15.0 Å². The molecular weight excluding hydrogens is 260 g/mol. The van der Waals surface area contributed by atoms with E-state index in [0.717, 1.165) is 12.0 Å². The van der Waals surface area contributed by atoms with Gasteiger partial charge >= 0.3 is 0 Å². The van der Waals surface area contributed by atoms with Gasteiger partial charge in [-0.25, -0.2) is 0 Å². The molecule has 0 bridgehead atoms. The van der Waals surface area contributed by atoms with E-state index in [9.17, 15) is 0 Å². The Kier molecular flexibility index (Phi) is 4.25. The minimum Gasteiger partial charge on any atom is -0.370 e. The van der Waals surface area contributed by atoms with E-state index in [-0.39, 0.29) is 0 Å². The van der Waals surface area contributed by atoms with E-state index >= 15 is 0 Å². The van der Waals surface area contributed by atoms with E-state index < -0.39 is 0 Å². The van der Waals surface area contributed by atoms with E-state index in [1.807, 2.05) is 0 Å². The Morgan fingerprint density at radius 1 is 1.00 bits per heavy atom. The molecule has 120 valence electrons. The maximum absolute atomic E-state index is 6.57. The number of rotatable bonds is 2. The lowest BCUT2D eigenvalue weighted by molar-refractivity contribution is -0.0753. The van der Waals surface area contributed by atoms with Crippen LogP contribution in [-0.2, 0) is 4.74 Å². The van der Waals surface area contributed by atoms with Gasteiger partial charge in [0.05, 0.1) is 11.7 Å². The van der Waals surface area contributed by atoms with Gasteiger partial charge in [0.15, 0.2) is 0 Å². The first-order valence-corrected chi connectivity index (χ1v) is 9.47. The van der Waals surface area contributed by atoms with Crippen LogP contribution in [-0.4, -0.2) is 48.8 Å². The van der Waals surface area contributed by atoms with Crippen molar-refractivity contribution in [3.8, 4) is 0 Å². The minimum atomic E-state index is 0.299. The summed E-state index contributed by atoms with van der Waals surface area (Å²) in [7, 11) is 0. The Balaban J connectivity index is 1.29. The first kappa shape index (κ1) is 14.5. The molecule has 3 heterocycles. The van der Waals surface area contributed by atoms with Gasteiger partial charge in [0.2, 0.25) is 0 Å². The van der Waals surface area contributed by atoms with E-state index in [2.05, 4.69) is 10.2 Å². The maximum Gasteiger partial charge on any atom is 0.0710 e. The predicted octanol–water partition coefficient (Wildman–Crippen LogP) is 2.94. The number of ether oxygens (including phenoxy) is 1. The number of nitrogens with one attached hydrogen (secondary N) is 1. The van der Waals surface area contributed by atoms with E-state index in [1.165, 1.54) is 90.4 Å². The molecule has 0 radical (unpaired) electrons. The molecule has 3 nitrogen and oxygen atoms in total. The predicted molar refractivity (Wildman–Crippen MR) is 85.5 cm³/mol. The van der Waals surface area contributed by atoms with Crippen LogP contribution in [0.2, 0.25) is 0 Å². The molecule has 3 heteroatoms. The third-order valence-corrected chi connectivity index (χ3v) is 6.54. The molecule has 1 aliphatic carbocycles. The van der Waals surface area contributed by atoms with Crippen LogP contribution in [0.4, 0.5) is 0 Å². The van der Waals surface area contributed by atoms with Gasteiger partial charge in [0.25, 0.3) is 0 Å². The molecular formula is C18H32N2O. The Hall–Kier alpha value is -0.120. The Morgan fingerprint density at radius 2 is 1.90 bits per heavy atom. The van der Waals surface area contributed by atoms with Crippen LogP contribution >= 0.6 is 0 Å². The Labute approximate surface area is 129 Å². The molecule has 1 saturated carbocycles. The molecule has 0 aromatic heterocycles. The molecule has 4 fully saturated rings. The Morgan fingerprint density at radius 3 is 2.81 bits per heavy atom. The summed E-state index contributed by atoms with van der Waals surface area (Å²) < 4.78 is 6.57. The van der Waals surface area contributed by atoms with Crippen molar-refractivity contribution in [2.45, 2.75) is 82.0 Å². The van der Waals surface area contributed by atoms with Crippen molar-refractivity contribution in [1.29, 1.82) is 0 Å². The second-order valence-electron chi connectivity index (χ2n) is 8.03. The van der Waals surface area contributed by atoms with Crippen LogP contribution in [0.1, 0.15) is 64.2 Å². The highest BCUT2D eigenvalue weighted by Crippen LogP contribution is 2.42. The third-order valence-electron chi connectivity index (χ3n) is 6.54. The summed E-state index contributed by atoms with van der Waals surface area (Å²) in [6, 6.07) is 0.809. The van der Waals surface area contributed by atoms with Crippen LogP contribution in [0.3, 0.4) is 0 Å². The van der Waals surface area contributed by atoms with Crippen LogP contribution in [0.5, 0.6) is 0 Å². The lowest BCUT2D eigenvalue weighted by Gasteiger charge is -2.42. The van der Waals surface area contributed by atoms with Crippen molar-refractivity contribution >= 4 is 0 Å². The molecule has 1 spiro atoms. The lowest BCUT2D eigenvalue weighted by Crippen LogP contribution is -2.53. The number of likely N-dealkylation sites (tertiary alicyclic amines) is 1. The van der Waals surface area contributed by atoms with Gasteiger partial charge in [-0.15, -0.1) is 0 Å². The summed E-state index contributed by atoms with van der Waals surface area (Å²) in [5.74, 6) is 0.901. The monoisotopic (exact) mass is 292 g/mol. The van der Waals surface area contributed by atoms with Crippen LogP contribution in [0.25, 0.3) is 0 Å². The summed E-state index contributed by atoms with van der Waals surface area (Å²) in [6.45, 7) is 5.03. The smallest absolute Gasteiger partial charge is 0.0710 e. The number of piperidine rings is 2. The van der Waals surface area contributed by atoms with Gasteiger partial charge in [-0.05, 0) is 64.0 Å². The van der Waals surface area contributed by atoms with E-state index in [0.29, 0.717) is 11.7 Å². The van der Waals surface area contributed by atoms with Crippen molar-refractivity contribution in [3.05, 3.63) is 0 Å². The van der Waals surface area contributed by atoms with Crippen molar-refractivity contribution in [2.24, 2.45) is 5.92 Å².